The van der Waals surface area contributed by atoms with Gasteiger partial charge in [0.1, 0.15) is 5.54 Å². The zero-order chi connectivity index (χ0) is 13.2. The van der Waals surface area contributed by atoms with Gasteiger partial charge < -0.3 is 15.2 Å². The maximum Gasteiger partial charge on any atom is 0.327 e. The number of aliphatic carboxylic acids is 1. The van der Waals surface area contributed by atoms with Crippen LogP contribution in [0, 0.1) is 11.8 Å². The molecule has 5 nitrogen and oxygen atoms in total. The molecule has 0 aromatic carbocycles. The maximum absolute atomic E-state index is 12.2. The Balaban J connectivity index is 2.09. The summed E-state index contributed by atoms with van der Waals surface area (Å²) in [6.07, 6.45) is 3.87. The monoisotopic (exact) mass is 255 g/mol. The van der Waals surface area contributed by atoms with Crippen molar-refractivity contribution in [2.45, 2.75) is 44.6 Å². The molecule has 3 unspecified atom stereocenters. The second kappa shape index (κ2) is 5.26. The number of carbonyl (C=O) groups is 2. The largest absolute Gasteiger partial charge is 0.481 e. The summed E-state index contributed by atoms with van der Waals surface area (Å²) >= 11 is 0. The first kappa shape index (κ1) is 13.3. The van der Waals surface area contributed by atoms with E-state index < -0.39 is 17.4 Å². The predicted molar refractivity (Wildman–Crippen MR) is 65.1 cm³/mol. The van der Waals surface area contributed by atoms with Gasteiger partial charge in [-0.25, -0.2) is 0 Å². The molecule has 0 aromatic heterocycles. The van der Waals surface area contributed by atoms with Crippen LogP contribution in [-0.4, -0.2) is 35.7 Å². The van der Waals surface area contributed by atoms with E-state index in [0.717, 1.165) is 25.8 Å². The highest BCUT2D eigenvalue weighted by Crippen LogP contribution is 2.42. The van der Waals surface area contributed by atoms with Gasteiger partial charge in [-0.3, -0.25) is 9.59 Å². The van der Waals surface area contributed by atoms with Crippen molar-refractivity contribution in [1.82, 2.24) is 5.32 Å². The Morgan fingerprint density at radius 2 is 2.28 bits per heavy atom. The Morgan fingerprint density at radius 1 is 1.50 bits per heavy atom. The van der Waals surface area contributed by atoms with Crippen molar-refractivity contribution >= 4 is 11.9 Å². The highest BCUT2D eigenvalue weighted by atomic mass is 16.5. The molecule has 1 saturated carbocycles. The molecule has 3 aliphatic rings. The molecule has 0 amide bonds. The van der Waals surface area contributed by atoms with Crippen LogP contribution >= 0.6 is 0 Å². The van der Waals surface area contributed by atoms with Crippen molar-refractivity contribution in [2.75, 3.05) is 13.2 Å². The highest BCUT2D eigenvalue weighted by Gasteiger charge is 2.56. The molecule has 0 radical (unpaired) electrons. The third-order valence-corrected chi connectivity index (χ3v) is 4.21. The van der Waals surface area contributed by atoms with Crippen LogP contribution in [0.5, 0.6) is 0 Å². The minimum absolute atomic E-state index is 0.374. The summed E-state index contributed by atoms with van der Waals surface area (Å²) < 4.78 is 5.26. The summed E-state index contributed by atoms with van der Waals surface area (Å²) in [5.41, 5.74) is -0.978. The number of carboxylic acids is 1. The number of fused-ring (bicyclic) bond motifs is 3. The third kappa shape index (κ3) is 2.23. The molecule has 18 heavy (non-hydrogen) atoms. The van der Waals surface area contributed by atoms with E-state index in [1.807, 2.05) is 6.92 Å². The van der Waals surface area contributed by atoms with Crippen LogP contribution < -0.4 is 5.32 Å². The van der Waals surface area contributed by atoms with Crippen LogP contribution in [0.1, 0.15) is 39.0 Å². The molecule has 0 spiro atoms. The minimum Gasteiger partial charge on any atom is -0.481 e. The summed E-state index contributed by atoms with van der Waals surface area (Å²) in [7, 11) is 0. The lowest BCUT2D eigenvalue weighted by atomic mass is 9.65. The highest BCUT2D eigenvalue weighted by molar-refractivity contribution is 5.88. The third-order valence-electron chi connectivity index (χ3n) is 4.21. The molecule has 1 aliphatic carbocycles. The van der Waals surface area contributed by atoms with Crippen molar-refractivity contribution in [2.24, 2.45) is 11.8 Å². The van der Waals surface area contributed by atoms with E-state index >= 15 is 0 Å². The second-order valence-electron chi connectivity index (χ2n) is 5.37. The molecule has 2 N–H and O–H groups in total. The van der Waals surface area contributed by atoms with E-state index in [9.17, 15) is 14.7 Å². The van der Waals surface area contributed by atoms with Crippen LogP contribution in [0.4, 0.5) is 0 Å². The fourth-order valence-electron chi connectivity index (χ4n) is 3.05. The van der Waals surface area contributed by atoms with Crippen molar-refractivity contribution < 1.29 is 19.4 Å². The number of piperidine rings is 2. The number of rotatable bonds is 5. The molecular weight excluding hydrogens is 234 g/mol. The van der Waals surface area contributed by atoms with E-state index in [-0.39, 0.29) is 5.97 Å². The van der Waals surface area contributed by atoms with Gasteiger partial charge in [0, 0.05) is 0 Å². The standard InChI is InChI=1S/C13H21NO4/c1-2-3-6-18-12(17)13-5-4-9(8-14-13)7-10(13)11(15)16/h9-10,14H,2-8H2,1H3,(H,15,16). The van der Waals surface area contributed by atoms with Gasteiger partial charge in [0.05, 0.1) is 12.5 Å². The molecular formula is C13H21NO4. The van der Waals surface area contributed by atoms with Gasteiger partial charge in [-0.15, -0.1) is 0 Å². The van der Waals surface area contributed by atoms with E-state index in [2.05, 4.69) is 5.32 Å². The lowest BCUT2D eigenvalue weighted by molar-refractivity contribution is -0.169. The fraction of sp³-hybridized carbons (Fsp3) is 0.846. The van der Waals surface area contributed by atoms with Gasteiger partial charge in [0.2, 0.25) is 0 Å². The molecule has 5 heteroatoms. The summed E-state index contributed by atoms with van der Waals surface area (Å²) in [6.45, 7) is 3.14. The Labute approximate surface area is 107 Å². The van der Waals surface area contributed by atoms with Gasteiger partial charge >= 0.3 is 11.9 Å². The Bertz CT molecular complexity index is 334. The first-order valence-electron chi connectivity index (χ1n) is 6.75. The van der Waals surface area contributed by atoms with E-state index in [4.69, 9.17) is 4.74 Å². The topological polar surface area (TPSA) is 75.6 Å². The number of carbonyl (C=O) groups excluding carboxylic acids is 1. The average Bonchev–Trinajstić information content (AvgIpc) is 2.40. The zero-order valence-corrected chi connectivity index (χ0v) is 10.8. The quantitative estimate of drug-likeness (QED) is 0.570. The molecule has 102 valence electrons. The lowest BCUT2D eigenvalue weighted by Crippen LogP contribution is -2.67. The second-order valence-corrected chi connectivity index (χ2v) is 5.37. The maximum atomic E-state index is 12.2. The molecule has 3 fully saturated rings. The van der Waals surface area contributed by atoms with Gasteiger partial charge in [-0.2, -0.15) is 0 Å². The first-order valence-corrected chi connectivity index (χ1v) is 6.75. The Morgan fingerprint density at radius 3 is 2.83 bits per heavy atom. The smallest absolute Gasteiger partial charge is 0.327 e. The molecule has 2 saturated heterocycles. The van der Waals surface area contributed by atoms with Crippen LogP contribution in [0.3, 0.4) is 0 Å². The van der Waals surface area contributed by atoms with Gasteiger partial charge in [0.15, 0.2) is 0 Å². The van der Waals surface area contributed by atoms with Crippen molar-refractivity contribution in [1.29, 1.82) is 0 Å². The summed E-state index contributed by atoms with van der Waals surface area (Å²) in [5.74, 6) is -1.52. The van der Waals surface area contributed by atoms with Crippen molar-refractivity contribution in [3.05, 3.63) is 0 Å². The Kier molecular flexibility index (Phi) is 3.90. The van der Waals surface area contributed by atoms with Gasteiger partial charge in [-0.1, -0.05) is 13.3 Å². The number of nitrogens with one attached hydrogen (secondary N) is 1. The predicted octanol–water partition coefficient (Wildman–Crippen LogP) is 1.17. The van der Waals surface area contributed by atoms with Gasteiger partial charge in [0.25, 0.3) is 0 Å². The van der Waals surface area contributed by atoms with Gasteiger partial charge in [-0.05, 0) is 38.1 Å². The Hall–Kier alpha value is -1.10. The normalized spacial score (nSPS) is 34.3. The number of hydrogen-bond acceptors (Lipinski definition) is 4. The van der Waals surface area contributed by atoms with Crippen LogP contribution in [0.2, 0.25) is 0 Å². The van der Waals surface area contributed by atoms with Crippen molar-refractivity contribution in [3.8, 4) is 0 Å². The summed E-state index contributed by atoms with van der Waals surface area (Å²) in [5, 5.41) is 12.4. The summed E-state index contributed by atoms with van der Waals surface area (Å²) in [4.78, 5) is 23.6. The van der Waals surface area contributed by atoms with E-state index in [1.165, 1.54) is 0 Å². The van der Waals surface area contributed by atoms with Crippen LogP contribution in [-0.2, 0) is 14.3 Å². The molecule has 3 atom stereocenters. The number of hydrogen-bond donors (Lipinski definition) is 2. The van der Waals surface area contributed by atoms with Crippen LogP contribution in [0.25, 0.3) is 0 Å². The van der Waals surface area contributed by atoms with Crippen LogP contribution in [0.15, 0.2) is 0 Å². The number of ether oxygens (including phenoxy) is 1. The summed E-state index contributed by atoms with van der Waals surface area (Å²) in [6, 6.07) is 0. The lowest BCUT2D eigenvalue weighted by Gasteiger charge is -2.49. The molecule has 3 rings (SSSR count). The van der Waals surface area contributed by atoms with Crippen molar-refractivity contribution in [3.63, 3.8) is 0 Å². The minimum atomic E-state index is -0.978. The molecule has 0 aromatic rings. The molecule has 2 aliphatic heterocycles. The number of unbranched alkanes of at least 4 members (excludes halogenated alkanes) is 1. The fourth-order valence-corrected chi connectivity index (χ4v) is 3.05. The van der Waals surface area contributed by atoms with E-state index in [1.54, 1.807) is 0 Å². The number of esters is 1. The first-order chi connectivity index (χ1) is 8.60. The molecule has 2 bridgehead atoms. The molecule has 2 heterocycles. The average molecular weight is 255 g/mol. The van der Waals surface area contributed by atoms with E-state index in [0.29, 0.717) is 25.4 Å². The zero-order valence-electron chi connectivity index (χ0n) is 10.8. The number of carboxylic acid groups (broad SMARTS) is 1. The SMILES string of the molecule is CCCCOC(=O)C12CCC(CN1)CC2C(=O)O.